The first-order valence-electron chi connectivity index (χ1n) is 18.3. The summed E-state index contributed by atoms with van der Waals surface area (Å²) in [7, 11) is 5.35. The van der Waals surface area contributed by atoms with Crippen LogP contribution in [0.3, 0.4) is 0 Å². The first-order valence-corrected chi connectivity index (χ1v) is 18.3. The Kier molecular flexibility index (Phi) is 13.1. The predicted molar refractivity (Wildman–Crippen MR) is 183 cm³/mol. The molecule has 3 fully saturated rings. The minimum atomic E-state index is -2.12. The summed E-state index contributed by atoms with van der Waals surface area (Å²) >= 11 is 0. The van der Waals surface area contributed by atoms with Crippen LogP contribution in [0.2, 0.25) is 0 Å². The summed E-state index contributed by atoms with van der Waals surface area (Å²) in [6.07, 6.45) is -5.72. The summed E-state index contributed by atoms with van der Waals surface area (Å²) in [6.45, 7) is 15.9. The third kappa shape index (κ3) is 8.19. The van der Waals surface area contributed by atoms with Gasteiger partial charge < -0.3 is 58.5 Å². The number of carbonyl (C=O) groups excluding carboxylic acids is 1. The number of cyclic esters (lactones) is 1. The van der Waals surface area contributed by atoms with Crippen molar-refractivity contribution in [1.29, 1.82) is 0 Å². The molecule has 0 aromatic rings. The van der Waals surface area contributed by atoms with Gasteiger partial charge in [0.15, 0.2) is 24.1 Å². The average Bonchev–Trinajstić information content (AvgIpc) is 3.47. The molecule has 50 heavy (non-hydrogen) atoms. The Hall–Kier alpha value is -1.46. The van der Waals surface area contributed by atoms with E-state index < -0.39 is 84.0 Å². The lowest BCUT2D eigenvalue weighted by atomic mass is 9.80. The van der Waals surface area contributed by atoms with E-state index in [0.29, 0.717) is 12.8 Å². The van der Waals surface area contributed by atoms with Crippen LogP contribution in [0.5, 0.6) is 0 Å². The van der Waals surface area contributed by atoms with Crippen molar-refractivity contribution in [2.24, 2.45) is 28.7 Å². The van der Waals surface area contributed by atoms with E-state index in [9.17, 15) is 25.2 Å². The Morgan fingerprint density at radius 2 is 1.64 bits per heavy atom. The van der Waals surface area contributed by atoms with Gasteiger partial charge in [0.05, 0.1) is 35.9 Å². The van der Waals surface area contributed by atoms with E-state index in [-0.39, 0.29) is 49.3 Å². The number of nitrogens with zero attached hydrogens (tertiary/aromatic N) is 2. The van der Waals surface area contributed by atoms with Crippen LogP contribution >= 0.6 is 0 Å². The van der Waals surface area contributed by atoms with Crippen molar-refractivity contribution in [3.8, 4) is 0 Å². The number of aliphatic imine (C=N–C) groups is 1. The molecule has 0 saturated carbocycles. The van der Waals surface area contributed by atoms with Gasteiger partial charge in [-0.05, 0) is 73.9 Å². The SMILES string of the molecule is CC[C@@H]1OC(=O)[C@H](C)[C@H](O[C@H]2C[C@@](C)(OC)[C@@H](O)[C@H](C)O2)[C@@H](C)[C@@H](O[C@@H]2O[C@H](C)C[C@H](N(C)C)[C@H]2O)[C@H](C)C[C@@H](C)C2=NC[C@](O)(O2)[C@]1(C)O. The van der Waals surface area contributed by atoms with Gasteiger partial charge in [-0.3, -0.25) is 4.79 Å². The minimum Gasteiger partial charge on any atom is -0.459 e. The molecule has 0 aliphatic carbocycles. The second kappa shape index (κ2) is 15.9. The fourth-order valence-electron chi connectivity index (χ4n) is 8.20. The van der Waals surface area contributed by atoms with Crippen LogP contribution in [-0.2, 0) is 38.0 Å². The topological polar surface area (TPSA) is 178 Å². The molecule has 3 saturated heterocycles. The summed E-state index contributed by atoms with van der Waals surface area (Å²) in [5.74, 6) is -4.49. The fraction of sp³-hybridized carbons (Fsp3) is 0.944. The molecule has 0 aromatic carbocycles. The Morgan fingerprint density at radius 1 is 0.980 bits per heavy atom. The first-order chi connectivity index (χ1) is 23.2. The zero-order chi connectivity index (χ0) is 37.5. The van der Waals surface area contributed by atoms with Crippen LogP contribution in [0.1, 0.15) is 88.0 Å². The molecule has 0 spiro atoms. The lowest BCUT2D eigenvalue weighted by molar-refractivity contribution is -0.310. The van der Waals surface area contributed by atoms with E-state index in [1.165, 1.54) is 14.0 Å². The van der Waals surface area contributed by atoms with Gasteiger partial charge in [-0.25, -0.2) is 4.99 Å². The molecule has 0 amide bonds. The predicted octanol–water partition coefficient (Wildman–Crippen LogP) is 2.22. The first kappa shape index (κ1) is 41.3. The highest BCUT2D eigenvalue weighted by molar-refractivity contribution is 5.80. The van der Waals surface area contributed by atoms with Gasteiger partial charge in [0.2, 0.25) is 0 Å². The Balaban J connectivity index is 1.78. The number of hydrogen-bond acceptors (Lipinski definition) is 14. The van der Waals surface area contributed by atoms with E-state index >= 15 is 0 Å². The average molecular weight is 717 g/mol. The number of methoxy groups -OCH3 is 1. The summed E-state index contributed by atoms with van der Waals surface area (Å²) in [5.41, 5.74) is -2.98. The Labute approximate surface area is 297 Å². The van der Waals surface area contributed by atoms with Gasteiger partial charge >= 0.3 is 5.97 Å². The second-order valence-electron chi connectivity index (χ2n) is 16.0. The van der Waals surface area contributed by atoms with Crippen LogP contribution in [0.4, 0.5) is 0 Å². The van der Waals surface area contributed by atoms with E-state index in [0.717, 1.165) is 0 Å². The van der Waals surface area contributed by atoms with Crippen molar-refractivity contribution in [3.63, 3.8) is 0 Å². The molecule has 4 rings (SSSR count). The lowest BCUT2D eigenvalue weighted by Crippen LogP contribution is -2.63. The monoisotopic (exact) mass is 716 g/mol. The number of likely N-dealkylation sites (N-methyl/N-ethyl adjacent to an activating group) is 1. The largest absolute Gasteiger partial charge is 0.459 e. The number of aliphatic hydroxyl groups excluding tert-OH is 2. The third-order valence-electron chi connectivity index (χ3n) is 11.7. The standard InChI is InChI=1S/C36H64N2O12/c1-13-25-35(9,42)36(43)17-37-31(50-36)19(3)14-18(2)28(49-33-27(39)24(38(10)11)15-20(4)45-33)21(5)29(22(6)32(41)47-25)48-26-16-34(8,44-12)30(40)23(7)46-26/h18-30,33,39-40,42-43H,13-17H2,1-12H3/t18-,19-,20-,21+,22-,23+,24+,25+,26+,27-,28+,29-,30+,33+,34-,35-,36+/m1/s1. The normalized spacial score (nSPS) is 49.5. The third-order valence-corrected chi connectivity index (χ3v) is 11.7. The summed E-state index contributed by atoms with van der Waals surface area (Å²) in [5, 5.41) is 45.7. The van der Waals surface area contributed by atoms with Crippen LogP contribution in [0, 0.1) is 23.7 Å². The Bertz CT molecular complexity index is 1190. The highest BCUT2D eigenvalue weighted by Gasteiger charge is 2.58. The number of aliphatic hydroxyl groups is 4. The number of rotatable bonds is 7. The molecule has 4 heterocycles. The summed E-state index contributed by atoms with van der Waals surface area (Å²) in [6, 6.07) is -0.208. The molecule has 14 nitrogen and oxygen atoms in total. The van der Waals surface area contributed by atoms with Crippen molar-refractivity contribution in [2.75, 3.05) is 27.7 Å². The molecule has 4 aliphatic rings. The van der Waals surface area contributed by atoms with Gasteiger partial charge in [0.25, 0.3) is 5.79 Å². The van der Waals surface area contributed by atoms with Crippen molar-refractivity contribution >= 4 is 11.9 Å². The maximum Gasteiger partial charge on any atom is 0.311 e. The summed E-state index contributed by atoms with van der Waals surface area (Å²) in [4.78, 5) is 20.6. The minimum absolute atomic E-state index is 0.182. The second-order valence-corrected chi connectivity index (χ2v) is 16.0. The van der Waals surface area contributed by atoms with Crippen molar-refractivity contribution < 1.29 is 58.4 Å². The zero-order valence-electron chi connectivity index (χ0n) is 32.1. The van der Waals surface area contributed by atoms with Crippen LogP contribution in [0.25, 0.3) is 0 Å². The molecule has 0 aromatic heterocycles. The van der Waals surface area contributed by atoms with E-state index in [1.807, 2.05) is 46.7 Å². The number of hydrogen-bond donors (Lipinski definition) is 4. The van der Waals surface area contributed by atoms with Gasteiger partial charge in [0, 0.05) is 31.4 Å². The smallest absolute Gasteiger partial charge is 0.311 e. The van der Waals surface area contributed by atoms with Crippen LogP contribution < -0.4 is 0 Å². The quantitative estimate of drug-likeness (QED) is 0.282. The molecule has 290 valence electrons. The molecule has 4 aliphatic heterocycles. The summed E-state index contributed by atoms with van der Waals surface area (Å²) < 4.78 is 43.6. The van der Waals surface area contributed by atoms with Gasteiger partial charge in [-0.15, -0.1) is 0 Å². The van der Waals surface area contributed by atoms with E-state index in [1.54, 1.807) is 27.7 Å². The lowest BCUT2D eigenvalue weighted by Gasteiger charge is -2.47. The number of ether oxygens (including phenoxy) is 7. The van der Waals surface area contributed by atoms with Crippen molar-refractivity contribution in [1.82, 2.24) is 4.90 Å². The highest BCUT2D eigenvalue weighted by atomic mass is 16.7. The van der Waals surface area contributed by atoms with Gasteiger partial charge in [-0.2, -0.15) is 0 Å². The van der Waals surface area contributed by atoms with Crippen molar-refractivity contribution in [2.45, 2.75) is 166 Å². The fourth-order valence-corrected chi connectivity index (χ4v) is 8.20. The maximum atomic E-state index is 14.1. The number of fused-ring (bicyclic) bond motifs is 2. The van der Waals surface area contributed by atoms with Gasteiger partial charge in [-0.1, -0.05) is 27.7 Å². The maximum absolute atomic E-state index is 14.1. The number of esters is 1. The molecule has 2 bridgehead atoms. The molecule has 0 radical (unpaired) electrons. The molecular weight excluding hydrogens is 652 g/mol. The molecule has 4 N–H and O–H groups in total. The molecular formula is C36H64N2O12. The Morgan fingerprint density at radius 3 is 2.24 bits per heavy atom. The van der Waals surface area contributed by atoms with E-state index in [4.69, 9.17) is 33.2 Å². The molecule has 17 atom stereocenters. The van der Waals surface area contributed by atoms with Crippen LogP contribution in [-0.4, -0.2) is 143 Å². The molecule has 0 unspecified atom stereocenters. The molecule has 14 heteroatoms. The van der Waals surface area contributed by atoms with E-state index in [2.05, 4.69) is 4.99 Å². The zero-order valence-corrected chi connectivity index (χ0v) is 32.1. The highest BCUT2D eigenvalue weighted by Crippen LogP contribution is 2.41. The van der Waals surface area contributed by atoms with Crippen molar-refractivity contribution in [3.05, 3.63) is 0 Å². The van der Waals surface area contributed by atoms with Gasteiger partial charge in [0.1, 0.15) is 24.9 Å². The number of carbonyl (C=O) groups is 1. The van der Waals surface area contributed by atoms with Crippen LogP contribution in [0.15, 0.2) is 4.99 Å².